The van der Waals surface area contributed by atoms with Crippen molar-refractivity contribution in [2.24, 2.45) is 0 Å². The Balaban J connectivity index is 2.48. The largest absolute Gasteiger partial charge is 0.254 e. The predicted molar refractivity (Wildman–Crippen MR) is 71.2 cm³/mol. The van der Waals surface area contributed by atoms with Gasteiger partial charge in [-0.3, -0.25) is 4.21 Å². The highest BCUT2D eigenvalue weighted by Gasteiger charge is 2.04. The van der Waals surface area contributed by atoms with Gasteiger partial charge in [-0.2, -0.15) is 0 Å². The maximum Gasteiger partial charge on any atom is 0.0637 e. The molecular weight excluding hydrogens is 240 g/mol. The average molecular weight is 257 g/mol. The quantitative estimate of drug-likeness (QED) is 0.700. The molecule has 0 aliphatic rings. The minimum Gasteiger partial charge on any atom is -0.254 e. The predicted octanol–water partition coefficient (Wildman–Crippen LogP) is 4.11. The third kappa shape index (κ3) is 4.95. The van der Waals surface area contributed by atoms with Crippen molar-refractivity contribution in [3.05, 3.63) is 41.4 Å². The molecule has 0 saturated heterocycles. The molecule has 3 heteroatoms. The molecule has 0 saturated carbocycles. The van der Waals surface area contributed by atoms with Gasteiger partial charge in [0.15, 0.2) is 0 Å². The lowest BCUT2D eigenvalue weighted by Crippen LogP contribution is -1.97. The lowest BCUT2D eigenvalue weighted by molar-refractivity contribution is 0.684. The van der Waals surface area contributed by atoms with Gasteiger partial charge in [-0.1, -0.05) is 55.6 Å². The van der Waals surface area contributed by atoms with E-state index in [1.54, 1.807) is 0 Å². The smallest absolute Gasteiger partial charge is 0.0637 e. The molecule has 0 aromatic heterocycles. The van der Waals surface area contributed by atoms with Gasteiger partial charge in [0.2, 0.25) is 0 Å². The molecule has 0 fully saturated rings. The molecule has 0 amide bonds. The van der Waals surface area contributed by atoms with Crippen LogP contribution in [0.5, 0.6) is 0 Å². The molecule has 0 bridgehead atoms. The normalized spacial score (nSPS) is 13.8. The number of hydrogen-bond donors (Lipinski definition) is 0. The van der Waals surface area contributed by atoms with E-state index in [1.165, 1.54) is 0 Å². The molecule has 1 rings (SSSR count). The molecule has 88 valence electrons. The zero-order valence-corrected chi connectivity index (χ0v) is 11.1. The Morgan fingerprint density at radius 2 is 2.06 bits per heavy atom. The van der Waals surface area contributed by atoms with E-state index in [1.807, 2.05) is 36.4 Å². The van der Waals surface area contributed by atoms with Gasteiger partial charge >= 0.3 is 0 Å². The van der Waals surface area contributed by atoms with Gasteiger partial charge in [0.25, 0.3) is 0 Å². The van der Waals surface area contributed by atoms with Gasteiger partial charge in [-0.05, 0) is 18.6 Å². The Bertz CT molecular complexity index is 359. The van der Waals surface area contributed by atoms with E-state index >= 15 is 0 Å². The monoisotopic (exact) mass is 256 g/mol. The molecule has 1 aromatic carbocycles. The molecule has 0 radical (unpaired) electrons. The standard InChI is InChI=1S/C13H17ClOS/c1-2-3-5-8-12(14)11-16(15)13-9-6-4-7-10-13/h4,6-10H,2-3,5,11H2,1H3/b12-8+. The molecular formula is C13H17ClOS. The molecule has 0 spiro atoms. The summed E-state index contributed by atoms with van der Waals surface area (Å²) >= 11 is 6.03. The first-order valence-corrected chi connectivity index (χ1v) is 7.21. The Morgan fingerprint density at radius 1 is 1.38 bits per heavy atom. The summed E-state index contributed by atoms with van der Waals surface area (Å²) in [4.78, 5) is 0.838. The van der Waals surface area contributed by atoms with Gasteiger partial charge in [0.05, 0.1) is 16.6 Å². The maximum absolute atomic E-state index is 11.9. The Hall–Kier alpha value is -0.600. The first kappa shape index (κ1) is 13.5. The second kappa shape index (κ2) is 7.64. The van der Waals surface area contributed by atoms with Gasteiger partial charge in [0, 0.05) is 9.93 Å². The number of hydrogen-bond acceptors (Lipinski definition) is 1. The highest BCUT2D eigenvalue weighted by atomic mass is 35.5. The molecule has 1 atom stereocenters. The van der Waals surface area contributed by atoms with Crippen molar-refractivity contribution in [2.45, 2.75) is 31.1 Å². The van der Waals surface area contributed by atoms with Crippen LogP contribution in [-0.2, 0) is 10.8 Å². The van der Waals surface area contributed by atoms with Gasteiger partial charge in [-0.25, -0.2) is 0 Å². The van der Waals surface area contributed by atoms with E-state index in [4.69, 9.17) is 11.6 Å². The van der Waals surface area contributed by atoms with Crippen LogP contribution in [-0.4, -0.2) is 9.96 Å². The van der Waals surface area contributed by atoms with Gasteiger partial charge in [0.1, 0.15) is 0 Å². The molecule has 0 N–H and O–H groups in total. The third-order valence-electron chi connectivity index (χ3n) is 2.20. The minimum atomic E-state index is -1.02. The lowest BCUT2D eigenvalue weighted by atomic mass is 10.2. The third-order valence-corrected chi connectivity index (χ3v) is 4.02. The van der Waals surface area contributed by atoms with Crippen LogP contribution in [0.1, 0.15) is 26.2 Å². The first-order chi connectivity index (χ1) is 7.74. The molecule has 1 nitrogen and oxygen atoms in total. The van der Waals surface area contributed by atoms with Crippen molar-refractivity contribution >= 4 is 22.4 Å². The van der Waals surface area contributed by atoms with Crippen LogP contribution in [0.2, 0.25) is 0 Å². The summed E-state index contributed by atoms with van der Waals surface area (Å²) in [5, 5.41) is 0.704. The number of unbranched alkanes of at least 4 members (excludes halogenated alkanes) is 2. The Kier molecular flexibility index (Phi) is 6.43. The topological polar surface area (TPSA) is 17.1 Å². The number of allylic oxidation sites excluding steroid dienone is 1. The zero-order chi connectivity index (χ0) is 11.8. The molecule has 0 aliphatic carbocycles. The highest BCUT2D eigenvalue weighted by Crippen LogP contribution is 2.13. The minimum absolute atomic E-state index is 0.426. The summed E-state index contributed by atoms with van der Waals surface area (Å²) in [5.74, 6) is 0.426. The van der Waals surface area contributed by atoms with E-state index in [-0.39, 0.29) is 0 Å². The summed E-state index contributed by atoms with van der Waals surface area (Å²) in [6.07, 6.45) is 5.24. The maximum atomic E-state index is 11.9. The second-order valence-corrected chi connectivity index (χ2v) is 5.53. The van der Waals surface area contributed by atoms with Crippen LogP contribution >= 0.6 is 11.6 Å². The fourth-order valence-corrected chi connectivity index (χ4v) is 2.70. The van der Waals surface area contributed by atoms with Gasteiger partial charge in [-0.15, -0.1) is 0 Å². The van der Waals surface area contributed by atoms with Crippen molar-refractivity contribution in [3.63, 3.8) is 0 Å². The van der Waals surface area contributed by atoms with E-state index in [0.717, 1.165) is 24.2 Å². The lowest BCUT2D eigenvalue weighted by Gasteiger charge is -2.01. The number of benzene rings is 1. The molecule has 1 unspecified atom stereocenters. The fourth-order valence-electron chi connectivity index (χ4n) is 1.30. The van der Waals surface area contributed by atoms with Crippen LogP contribution in [0.4, 0.5) is 0 Å². The summed E-state index contributed by atoms with van der Waals surface area (Å²) in [5.41, 5.74) is 0. The van der Waals surface area contributed by atoms with E-state index < -0.39 is 10.8 Å². The number of halogens is 1. The molecule has 16 heavy (non-hydrogen) atoms. The van der Waals surface area contributed by atoms with E-state index in [9.17, 15) is 4.21 Å². The van der Waals surface area contributed by atoms with Crippen LogP contribution in [0, 0.1) is 0 Å². The van der Waals surface area contributed by atoms with Crippen molar-refractivity contribution in [3.8, 4) is 0 Å². The first-order valence-electron chi connectivity index (χ1n) is 5.52. The zero-order valence-electron chi connectivity index (χ0n) is 9.49. The molecule has 0 aliphatic heterocycles. The SMILES string of the molecule is CCCC/C=C(/Cl)CS(=O)c1ccccc1. The molecule has 0 heterocycles. The second-order valence-electron chi connectivity index (χ2n) is 3.60. The average Bonchev–Trinajstić information content (AvgIpc) is 2.30. The van der Waals surface area contributed by atoms with Crippen LogP contribution in [0.15, 0.2) is 46.3 Å². The summed E-state index contributed by atoms with van der Waals surface area (Å²) in [6, 6.07) is 9.43. The summed E-state index contributed by atoms with van der Waals surface area (Å²) in [7, 11) is -1.02. The summed E-state index contributed by atoms with van der Waals surface area (Å²) < 4.78 is 11.9. The van der Waals surface area contributed by atoms with E-state index in [0.29, 0.717) is 10.8 Å². The van der Waals surface area contributed by atoms with Gasteiger partial charge < -0.3 is 0 Å². The highest BCUT2D eigenvalue weighted by molar-refractivity contribution is 7.85. The van der Waals surface area contributed by atoms with E-state index in [2.05, 4.69) is 6.92 Å². The van der Waals surface area contributed by atoms with Crippen molar-refractivity contribution in [2.75, 3.05) is 5.75 Å². The fraction of sp³-hybridized carbons (Fsp3) is 0.385. The Labute approximate surface area is 105 Å². The molecule has 1 aromatic rings. The van der Waals surface area contributed by atoms with Crippen LogP contribution in [0.25, 0.3) is 0 Å². The number of rotatable bonds is 6. The van der Waals surface area contributed by atoms with Crippen molar-refractivity contribution < 1.29 is 4.21 Å². The summed E-state index contributed by atoms with van der Waals surface area (Å²) in [6.45, 7) is 2.14. The van der Waals surface area contributed by atoms with Crippen molar-refractivity contribution in [1.29, 1.82) is 0 Å². The Morgan fingerprint density at radius 3 is 2.69 bits per heavy atom. The van der Waals surface area contributed by atoms with Crippen LogP contribution < -0.4 is 0 Å². The van der Waals surface area contributed by atoms with Crippen molar-refractivity contribution in [1.82, 2.24) is 0 Å². The van der Waals surface area contributed by atoms with Crippen LogP contribution in [0.3, 0.4) is 0 Å².